The molecule has 0 fully saturated rings. The van der Waals surface area contributed by atoms with Crippen LogP contribution in [-0.4, -0.2) is 19.5 Å². The van der Waals surface area contributed by atoms with Crippen LogP contribution in [0.25, 0.3) is 16.7 Å². The van der Waals surface area contributed by atoms with Crippen molar-refractivity contribution >= 4 is 17.0 Å². The van der Waals surface area contributed by atoms with Crippen molar-refractivity contribution in [3.05, 3.63) is 72.8 Å². The smallest absolute Gasteiger partial charge is 0.201 e. The maximum absolute atomic E-state index is 4.51. The zero-order valence-electron chi connectivity index (χ0n) is 11.9. The molecule has 2 aromatic heterocycles. The first kappa shape index (κ1) is 12.6. The van der Waals surface area contributed by atoms with E-state index in [-0.39, 0.29) is 0 Å². The monoisotopic (exact) mass is 289 g/mol. The molecule has 5 nitrogen and oxygen atoms in total. The summed E-state index contributed by atoms with van der Waals surface area (Å²) in [5, 5.41) is 3.30. The van der Waals surface area contributed by atoms with Gasteiger partial charge in [-0.25, -0.2) is 9.97 Å². The Morgan fingerprint density at radius 3 is 2.68 bits per heavy atom. The van der Waals surface area contributed by atoms with E-state index in [0.29, 0.717) is 6.54 Å². The highest BCUT2D eigenvalue weighted by atomic mass is 15.2. The molecule has 0 amide bonds. The van der Waals surface area contributed by atoms with E-state index in [9.17, 15) is 0 Å². The van der Waals surface area contributed by atoms with E-state index in [1.165, 1.54) is 0 Å². The van der Waals surface area contributed by atoms with Gasteiger partial charge in [0.15, 0.2) is 0 Å². The van der Waals surface area contributed by atoms with Crippen LogP contribution in [0.4, 0.5) is 5.95 Å². The van der Waals surface area contributed by atoms with Gasteiger partial charge >= 0.3 is 0 Å². The maximum atomic E-state index is 4.51. The highest BCUT2D eigenvalue weighted by Gasteiger charge is 2.06. The molecule has 0 saturated heterocycles. The van der Waals surface area contributed by atoms with Crippen molar-refractivity contribution < 1.29 is 0 Å². The number of anilines is 1. The highest BCUT2D eigenvalue weighted by Crippen LogP contribution is 2.15. The van der Waals surface area contributed by atoms with Crippen LogP contribution in [0.15, 0.2) is 67.0 Å². The van der Waals surface area contributed by atoms with E-state index < -0.39 is 0 Å². The average Bonchev–Trinajstić information content (AvgIpc) is 3.20. The lowest BCUT2D eigenvalue weighted by molar-refractivity contribution is 0.891. The molecule has 0 unspecified atom stereocenters. The van der Waals surface area contributed by atoms with E-state index in [1.54, 1.807) is 0 Å². The molecular weight excluding hydrogens is 274 g/mol. The molecule has 0 radical (unpaired) electrons. The number of hydrogen-bond donors (Lipinski definition) is 2. The summed E-state index contributed by atoms with van der Waals surface area (Å²) in [4.78, 5) is 12.2. The molecule has 2 aromatic carbocycles. The number of aromatic nitrogens is 4. The molecule has 0 aliphatic carbocycles. The predicted molar refractivity (Wildman–Crippen MR) is 87.0 cm³/mol. The number of nitrogens with one attached hydrogen (secondary N) is 2. The molecule has 0 aliphatic rings. The number of para-hydroxylation sites is 3. The average molecular weight is 289 g/mol. The fourth-order valence-corrected chi connectivity index (χ4v) is 2.49. The zero-order valence-corrected chi connectivity index (χ0v) is 11.9. The molecule has 0 saturated carbocycles. The van der Waals surface area contributed by atoms with Gasteiger partial charge in [-0.1, -0.05) is 30.3 Å². The van der Waals surface area contributed by atoms with Gasteiger partial charge in [-0.05, 0) is 24.3 Å². The Morgan fingerprint density at radius 1 is 1.00 bits per heavy atom. The van der Waals surface area contributed by atoms with Crippen LogP contribution in [0, 0.1) is 0 Å². The lowest BCUT2D eigenvalue weighted by atomic mass is 10.3. The lowest BCUT2D eigenvalue weighted by Gasteiger charge is -2.08. The number of fused-ring (bicyclic) bond motifs is 1. The molecule has 0 bridgehead atoms. The Hall–Kier alpha value is -3.08. The van der Waals surface area contributed by atoms with Crippen molar-refractivity contribution in [2.45, 2.75) is 6.54 Å². The van der Waals surface area contributed by atoms with Crippen molar-refractivity contribution in [2.24, 2.45) is 0 Å². The van der Waals surface area contributed by atoms with Gasteiger partial charge in [-0.2, -0.15) is 0 Å². The van der Waals surface area contributed by atoms with E-state index in [2.05, 4.69) is 37.0 Å². The molecule has 2 heterocycles. The van der Waals surface area contributed by atoms with Crippen molar-refractivity contribution in [1.82, 2.24) is 19.5 Å². The number of benzene rings is 2. The summed E-state index contributed by atoms with van der Waals surface area (Å²) in [7, 11) is 0. The second-order valence-electron chi connectivity index (χ2n) is 5.01. The number of imidazole rings is 2. The van der Waals surface area contributed by atoms with Gasteiger partial charge in [0.1, 0.15) is 5.82 Å². The first-order valence-corrected chi connectivity index (χ1v) is 7.16. The highest BCUT2D eigenvalue weighted by molar-refractivity contribution is 5.77. The first-order chi connectivity index (χ1) is 10.9. The van der Waals surface area contributed by atoms with Crippen LogP contribution in [-0.2, 0) is 6.54 Å². The SMILES string of the molecule is c1ccc(-n2ccnc2CNc2nc3ccccc3[nH]2)cc1. The number of nitrogens with zero attached hydrogens (tertiary/aromatic N) is 3. The summed E-state index contributed by atoms with van der Waals surface area (Å²) in [6.07, 6.45) is 3.77. The predicted octanol–water partition coefficient (Wildman–Crippen LogP) is 3.36. The number of hydrogen-bond acceptors (Lipinski definition) is 3. The maximum Gasteiger partial charge on any atom is 0.201 e. The third-order valence-corrected chi connectivity index (χ3v) is 3.56. The first-order valence-electron chi connectivity index (χ1n) is 7.16. The van der Waals surface area contributed by atoms with Gasteiger partial charge in [-0.15, -0.1) is 0 Å². The summed E-state index contributed by atoms with van der Waals surface area (Å²) < 4.78 is 2.07. The van der Waals surface area contributed by atoms with Gasteiger partial charge in [0, 0.05) is 18.1 Å². The van der Waals surface area contributed by atoms with Gasteiger partial charge in [0.2, 0.25) is 5.95 Å². The molecule has 0 aliphatic heterocycles. The molecule has 4 aromatic rings. The Balaban J connectivity index is 1.56. The molecule has 108 valence electrons. The molecule has 0 spiro atoms. The minimum Gasteiger partial charge on any atom is -0.349 e. The van der Waals surface area contributed by atoms with Gasteiger partial charge < -0.3 is 14.9 Å². The molecular formula is C17H15N5. The van der Waals surface area contributed by atoms with E-state index in [1.807, 2.05) is 54.9 Å². The summed E-state index contributed by atoms with van der Waals surface area (Å²) in [6, 6.07) is 18.1. The number of H-pyrrole nitrogens is 1. The quantitative estimate of drug-likeness (QED) is 0.605. The summed E-state index contributed by atoms with van der Waals surface area (Å²) in [6.45, 7) is 0.599. The van der Waals surface area contributed by atoms with E-state index in [4.69, 9.17) is 0 Å². The molecule has 0 atom stereocenters. The largest absolute Gasteiger partial charge is 0.349 e. The zero-order chi connectivity index (χ0) is 14.8. The van der Waals surface area contributed by atoms with Crippen LogP contribution in [0.1, 0.15) is 5.82 Å². The molecule has 22 heavy (non-hydrogen) atoms. The van der Waals surface area contributed by atoms with Crippen LogP contribution in [0.2, 0.25) is 0 Å². The van der Waals surface area contributed by atoms with E-state index >= 15 is 0 Å². The Morgan fingerprint density at radius 2 is 1.82 bits per heavy atom. The van der Waals surface area contributed by atoms with Gasteiger partial charge in [0.05, 0.1) is 17.6 Å². The van der Waals surface area contributed by atoms with Crippen molar-refractivity contribution in [3.8, 4) is 5.69 Å². The van der Waals surface area contributed by atoms with Gasteiger partial charge in [-0.3, -0.25) is 0 Å². The van der Waals surface area contributed by atoms with Crippen molar-refractivity contribution in [3.63, 3.8) is 0 Å². The minimum absolute atomic E-state index is 0.599. The fourth-order valence-electron chi connectivity index (χ4n) is 2.49. The second kappa shape index (κ2) is 5.37. The summed E-state index contributed by atoms with van der Waals surface area (Å²) in [5.41, 5.74) is 3.08. The van der Waals surface area contributed by atoms with Crippen molar-refractivity contribution in [2.75, 3.05) is 5.32 Å². The molecule has 2 N–H and O–H groups in total. The third-order valence-electron chi connectivity index (χ3n) is 3.56. The fraction of sp³-hybridized carbons (Fsp3) is 0.0588. The Kier molecular flexibility index (Phi) is 3.08. The number of aromatic amines is 1. The topological polar surface area (TPSA) is 58.5 Å². The molecule has 4 rings (SSSR count). The van der Waals surface area contributed by atoms with E-state index in [0.717, 1.165) is 28.5 Å². The van der Waals surface area contributed by atoms with Gasteiger partial charge in [0.25, 0.3) is 0 Å². The van der Waals surface area contributed by atoms with Crippen LogP contribution in [0.3, 0.4) is 0 Å². The Labute approximate surface area is 127 Å². The number of rotatable bonds is 4. The standard InChI is InChI=1S/C17H15N5/c1-2-6-13(7-3-1)22-11-10-18-16(22)12-19-17-20-14-8-4-5-9-15(14)21-17/h1-11H,12H2,(H2,19,20,21). The van der Waals surface area contributed by atoms with Crippen molar-refractivity contribution in [1.29, 1.82) is 0 Å². The normalized spacial score (nSPS) is 10.9. The van der Waals surface area contributed by atoms with Crippen LogP contribution >= 0.6 is 0 Å². The van der Waals surface area contributed by atoms with Crippen LogP contribution in [0.5, 0.6) is 0 Å². The lowest BCUT2D eigenvalue weighted by Crippen LogP contribution is -2.07. The second-order valence-corrected chi connectivity index (χ2v) is 5.01. The third kappa shape index (κ3) is 2.33. The minimum atomic E-state index is 0.599. The Bertz CT molecular complexity index is 858. The summed E-state index contributed by atoms with van der Waals surface area (Å²) >= 11 is 0. The van der Waals surface area contributed by atoms with Crippen LogP contribution < -0.4 is 5.32 Å². The molecule has 5 heteroatoms. The summed E-state index contributed by atoms with van der Waals surface area (Å²) in [5.74, 6) is 1.69.